The Morgan fingerprint density at radius 3 is 2.24 bits per heavy atom. The number of carbonyl (C=O) groups excluding carboxylic acids is 1. The Morgan fingerprint density at radius 2 is 1.53 bits per heavy atom. The van der Waals surface area contributed by atoms with E-state index in [1.165, 1.54) is 18.2 Å². The quantitative estimate of drug-likeness (QED) is 0.555. The first-order valence-corrected chi connectivity index (χ1v) is 12.4. The van der Waals surface area contributed by atoms with E-state index in [0.717, 1.165) is 42.6 Å². The first-order chi connectivity index (χ1) is 16.6. The second-order valence-electron chi connectivity index (χ2n) is 8.60. The lowest BCUT2D eigenvalue weighted by atomic mass is 10.2. The molecule has 0 spiro atoms. The summed E-state index contributed by atoms with van der Waals surface area (Å²) < 4.78 is 27.2. The third-order valence-corrected chi connectivity index (χ3v) is 7.36. The van der Waals surface area contributed by atoms with Gasteiger partial charge in [0.25, 0.3) is 0 Å². The van der Waals surface area contributed by atoms with Crippen LogP contribution in [0.3, 0.4) is 0 Å². The van der Waals surface area contributed by atoms with Gasteiger partial charge in [-0.2, -0.15) is 0 Å². The number of amides is 1. The fourth-order valence-corrected chi connectivity index (χ4v) is 5.34. The molecule has 0 bridgehead atoms. The van der Waals surface area contributed by atoms with E-state index in [9.17, 15) is 13.6 Å². The van der Waals surface area contributed by atoms with Crippen molar-refractivity contribution in [3.8, 4) is 11.3 Å². The molecular formula is C25H27F2N5OS. The van der Waals surface area contributed by atoms with Crippen molar-refractivity contribution in [3.63, 3.8) is 0 Å². The molecule has 1 aromatic heterocycles. The Morgan fingerprint density at radius 1 is 0.853 bits per heavy atom. The lowest BCUT2D eigenvalue weighted by Gasteiger charge is -2.38. The number of hydrogen-bond donors (Lipinski definition) is 0. The third-order valence-electron chi connectivity index (χ3n) is 6.46. The number of aromatic nitrogens is 1. The third kappa shape index (κ3) is 5.05. The van der Waals surface area contributed by atoms with Crippen LogP contribution in [0.15, 0.2) is 53.9 Å². The summed E-state index contributed by atoms with van der Waals surface area (Å²) >= 11 is 1.59. The van der Waals surface area contributed by atoms with E-state index in [1.807, 2.05) is 21.2 Å². The van der Waals surface area contributed by atoms with E-state index in [2.05, 4.69) is 9.80 Å². The molecule has 6 nitrogen and oxygen atoms in total. The van der Waals surface area contributed by atoms with Gasteiger partial charge in [0.2, 0.25) is 5.91 Å². The summed E-state index contributed by atoms with van der Waals surface area (Å²) in [5, 5.41) is 2.95. The molecule has 0 aliphatic carbocycles. The Balaban J connectivity index is 1.09. The monoisotopic (exact) mass is 483 g/mol. The smallest absolute Gasteiger partial charge is 0.236 e. The molecular weight excluding hydrogens is 456 g/mol. The van der Waals surface area contributed by atoms with E-state index in [-0.39, 0.29) is 17.5 Å². The predicted octanol–water partition coefficient (Wildman–Crippen LogP) is 3.56. The first-order valence-electron chi connectivity index (χ1n) is 11.5. The average Bonchev–Trinajstić information content (AvgIpc) is 3.36. The molecule has 2 aliphatic heterocycles. The minimum absolute atomic E-state index is 0.134. The topological polar surface area (TPSA) is 42.9 Å². The van der Waals surface area contributed by atoms with Crippen LogP contribution in [0.1, 0.15) is 0 Å². The van der Waals surface area contributed by atoms with Gasteiger partial charge in [0, 0.05) is 63.3 Å². The van der Waals surface area contributed by atoms with Crippen LogP contribution in [0.25, 0.3) is 11.3 Å². The number of benzene rings is 2. The zero-order chi connectivity index (χ0) is 23.5. The fraction of sp³-hybridized carbons (Fsp3) is 0.360. The van der Waals surface area contributed by atoms with Gasteiger partial charge in [-0.3, -0.25) is 9.69 Å². The maximum atomic E-state index is 14.0. The number of piperazine rings is 2. The van der Waals surface area contributed by atoms with Crippen molar-refractivity contribution in [1.82, 2.24) is 14.8 Å². The maximum absolute atomic E-state index is 14.0. The van der Waals surface area contributed by atoms with Gasteiger partial charge in [0.15, 0.2) is 5.13 Å². The molecule has 0 N–H and O–H groups in total. The van der Waals surface area contributed by atoms with E-state index in [0.29, 0.717) is 38.4 Å². The van der Waals surface area contributed by atoms with Crippen LogP contribution >= 0.6 is 11.3 Å². The Kier molecular flexibility index (Phi) is 6.73. The van der Waals surface area contributed by atoms with Gasteiger partial charge in [-0.05, 0) is 36.4 Å². The molecule has 34 heavy (non-hydrogen) atoms. The van der Waals surface area contributed by atoms with Gasteiger partial charge in [0.05, 0.1) is 17.9 Å². The van der Waals surface area contributed by atoms with Crippen LogP contribution < -0.4 is 9.80 Å². The van der Waals surface area contributed by atoms with Crippen LogP contribution in [0, 0.1) is 11.6 Å². The van der Waals surface area contributed by atoms with E-state index >= 15 is 0 Å². The minimum Gasteiger partial charge on any atom is -0.366 e. The van der Waals surface area contributed by atoms with Crippen LogP contribution in [-0.4, -0.2) is 79.6 Å². The van der Waals surface area contributed by atoms with Crippen molar-refractivity contribution in [3.05, 3.63) is 65.5 Å². The number of nitrogens with zero attached hydrogens (tertiary/aromatic N) is 5. The van der Waals surface area contributed by atoms with Gasteiger partial charge in [0.1, 0.15) is 11.6 Å². The number of halogens is 2. The Hall–Kier alpha value is -3.04. The van der Waals surface area contributed by atoms with Gasteiger partial charge in [-0.1, -0.05) is 12.1 Å². The molecule has 5 rings (SSSR count). The van der Waals surface area contributed by atoms with E-state index in [1.54, 1.807) is 35.6 Å². The summed E-state index contributed by atoms with van der Waals surface area (Å²) in [6.07, 6.45) is 0. The standard InChI is InChI=1S/C25H27F2N5OS/c26-20-7-5-19(6-8-20)22-18-34-25(28-22)32-11-9-29(10-12-32)17-24(33)31-15-13-30(14-16-31)23-4-2-1-3-21(23)27/h1-8,18H,9-17H2. The largest absolute Gasteiger partial charge is 0.366 e. The van der Waals surface area contributed by atoms with E-state index in [4.69, 9.17) is 4.98 Å². The summed E-state index contributed by atoms with van der Waals surface area (Å²) in [7, 11) is 0. The summed E-state index contributed by atoms with van der Waals surface area (Å²) in [6, 6.07) is 13.2. The number of para-hydroxylation sites is 1. The number of rotatable bonds is 5. The van der Waals surface area contributed by atoms with Crippen molar-refractivity contribution in [2.24, 2.45) is 0 Å². The second-order valence-corrected chi connectivity index (χ2v) is 9.44. The van der Waals surface area contributed by atoms with Crippen LogP contribution in [0.4, 0.5) is 19.6 Å². The van der Waals surface area contributed by atoms with Gasteiger partial charge in [-0.25, -0.2) is 13.8 Å². The van der Waals surface area contributed by atoms with Crippen molar-refractivity contribution in [2.45, 2.75) is 0 Å². The van der Waals surface area contributed by atoms with Gasteiger partial charge in [-0.15, -0.1) is 11.3 Å². The molecule has 2 saturated heterocycles. The van der Waals surface area contributed by atoms with E-state index < -0.39 is 0 Å². The van der Waals surface area contributed by atoms with Gasteiger partial charge >= 0.3 is 0 Å². The van der Waals surface area contributed by atoms with Gasteiger partial charge < -0.3 is 14.7 Å². The molecule has 2 aliphatic rings. The molecule has 2 aromatic carbocycles. The molecule has 0 radical (unpaired) electrons. The molecule has 3 aromatic rings. The highest BCUT2D eigenvalue weighted by Gasteiger charge is 2.26. The highest BCUT2D eigenvalue weighted by Crippen LogP contribution is 2.28. The molecule has 0 saturated carbocycles. The number of carbonyl (C=O) groups is 1. The van der Waals surface area contributed by atoms with Crippen molar-refractivity contribution < 1.29 is 13.6 Å². The normalized spacial score (nSPS) is 17.3. The predicted molar refractivity (Wildman–Crippen MR) is 131 cm³/mol. The van der Waals surface area contributed by atoms with Crippen molar-refractivity contribution in [2.75, 3.05) is 68.7 Å². The molecule has 9 heteroatoms. The first kappa shape index (κ1) is 22.7. The Labute approximate surface area is 202 Å². The van der Waals surface area contributed by atoms with Crippen LogP contribution in [0.2, 0.25) is 0 Å². The highest BCUT2D eigenvalue weighted by atomic mass is 32.1. The SMILES string of the molecule is O=C(CN1CCN(c2nc(-c3ccc(F)cc3)cs2)CC1)N1CCN(c2ccccc2F)CC1. The minimum atomic E-state index is -0.253. The molecule has 1 amide bonds. The van der Waals surface area contributed by atoms with Crippen molar-refractivity contribution >= 4 is 28.1 Å². The number of anilines is 2. The maximum Gasteiger partial charge on any atom is 0.236 e. The van der Waals surface area contributed by atoms with Crippen molar-refractivity contribution in [1.29, 1.82) is 0 Å². The average molecular weight is 484 g/mol. The second kappa shape index (κ2) is 10.1. The lowest BCUT2D eigenvalue weighted by molar-refractivity contribution is -0.132. The fourth-order valence-electron chi connectivity index (χ4n) is 4.46. The highest BCUT2D eigenvalue weighted by molar-refractivity contribution is 7.14. The summed E-state index contributed by atoms with van der Waals surface area (Å²) in [5.41, 5.74) is 2.37. The number of thiazole rings is 1. The summed E-state index contributed by atoms with van der Waals surface area (Å²) in [4.78, 5) is 25.9. The molecule has 3 heterocycles. The summed E-state index contributed by atoms with van der Waals surface area (Å²) in [5.74, 6) is -0.337. The van der Waals surface area contributed by atoms with Crippen LogP contribution in [0.5, 0.6) is 0 Å². The lowest BCUT2D eigenvalue weighted by Crippen LogP contribution is -2.54. The molecule has 2 fully saturated rings. The Bertz CT molecular complexity index is 1120. The number of hydrogen-bond acceptors (Lipinski definition) is 6. The zero-order valence-electron chi connectivity index (χ0n) is 18.9. The zero-order valence-corrected chi connectivity index (χ0v) is 19.7. The summed E-state index contributed by atoms with van der Waals surface area (Å²) in [6.45, 7) is 6.12. The molecule has 178 valence electrons. The molecule has 0 unspecified atom stereocenters. The van der Waals surface area contributed by atoms with Crippen LogP contribution in [-0.2, 0) is 4.79 Å². The molecule has 0 atom stereocenters.